The number of benzene rings is 4. The fraction of sp³-hybridized carbons (Fsp3) is 0.172. The zero-order valence-electron chi connectivity index (χ0n) is 20.4. The second-order valence-electron chi connectivity index (χ2n) is 9.91. The standard InChI is InChI=1S/C29H27N3O3S/c1-29(2,3)24-16-12-20(13-17-24)18-30-31-28(33)23-14-10-21(11-15-23)19-32-25-8-4-6-22-7-5-9-26(27(22)25)36(32,34)35/h4-18H,19H2,1-3H3,(H,31,33)/b30-18-. The van der Waals surface area contributed by atoms with Gasteiger partial charge in [0, 0.05) is 10.9 Å². The van der Waals surface area contributed by atoms with E-state index in [4.69, 9.17) is 0 Å². The molecule has 36 heavy (non-hydrogen) atoms. The lowest BCUT2D eigenvalue weighted by molar-refractivity contribution is 0.0955. The smallest absolute Gasteiger partial charge is 0.267 e. The van der Waals surface area contributed by atoms with Crippen molar-refractivity contribution in [2.75, 3.05) is 4.31 Å². The van der Waals surface area contributed by atoms with E-state index >= 15 is 0 Å². The summed E-state index contributed by atoms with van der Waals surface area (Å²) < 4.78 is 27.8. The summed E-state index contributed by atoms with van der Waals surface area (Å²) in [7, 11) is -3.64. The van der Waals surface area contributed by atoms with Crippen LogP contribution in [0, 0.1) is 0 Å². The maximum atomic E-state index is 13.2. The first-order valence-electron chi connectivity index (χ1n) is 11.7. The minimum absolute atomic E-state index is 0.0757. The summed E-state index contributed by atoms with van der Waals surface area (Å²) in [4.78, 5) is 12.9. The molecular weight excluding hydrogens is 470 g/mol. The third kappa shape index (κ3) is 4.38. The van der Waals surface area contributed by atoms with E-state index < -0.39 is 10.0 Å². The molecule has 1 heterocycles. The van der Waals surface area contributed by atoms with E-state index in [1.54, 1.807) is 42.6 Å². The molecule has 6 nitrogen and oxygen atoms in total. The van der Waals surface area contributed by atoms with E-state index in [1.807, 2.05) is 36.4 Å². The number of hydrogen-bond acceptors (Lipinski definition) is 4. The van der Waals surface area contributed by atoms with Gasteiger partial charge in [0.05, 0.1) is 23.3 Å². The highest BCUT2D eigenvalue weighted by Gasteiger charge is 2.35. The molecule has 1 aliphatic rings. The first-order valence-corrected chi connectivity index (χ1v) is 13.2. The normalized spacial score (nSPS) is 14.5. The lowest BCUT2D eigenvalue weighted by Crippen LogP contribution is -2.26. The second kappa shape index (κ2) is 8.91. The van der Waals surface area contributed by atoms with Crippen LogP contribution in [0.15, 0.2) is 94.9 Å². The van der Waals surface area contributed by atoms with Gasteiger partial charge < -0.3 is 0 Å². The van der Waals surface area contributed by atoms with Crippen LogP contribution in [0.1, 0.15) is 47.8 Å². The summed E-state index contributed by atoms with van der Waals surface area (Å²) >= 11 is 0. The number of carbonyl (C=O) groups is 1. The average molecular weight is 498 g/mol. The molecule has 0 fully saturated rings. The number of anilines is 1. The average Bonchev–Trinajstić information content (AvgIpc) is 3.07. The minimum Gasteiger partial charge on any atom is -0.267 e. The number of rotatable bonds is 5. The van der Waals surface area contributed by atoms with Gasteiger partial charge in [0.15, 0.2) is 0 Å². The molecule has 0 bridgehead atoms. The Hall–Kier alpha value is -3.97. The van der Waals surface area contributed by atoms with Crippen molar-refractivity contribution in [3.05, 3.63) is 107 Å². The molecule has 0 spiro atoms. The minimum atomic E-state index is -3.64. The van der Waals surface area contributed by atoms with Gasteiger partial charge in [-0.15, -0.1) is 0 Å². The summed E-state index contributed by atoms with van der Waals surface area (Å²) in [6.45, 7) is 6.65. The van der Waals surface area contributed by atoms with Crippen LogP contribution in [0.4, 0.5) is 5.69 Å². The second-order valence-corrected chi connectivity index (χ2v) is 11.7. The van der Waals surface area contributed by atoms with Crippen molar-refractivity contribution in [2.24, 2.45) is 5.10 Å². The number of amides is 1. The van der Waals surface area contributed by atoms with Crippen molar-refractivity contribution >= 4 is 38.6 Å². The van der Waals surface area contributed by atoms with Gasteiger partial charge in [-0.25, -0.2) is 13.8 Å². The molecule has 0 aromatic heterocycles. The SMILES string of the molecule is CC(C)(C)c1ccc(/C=N\NC(=O)c2ccc(CN3c4cccc5cccc(c45)S3(=O)=O)cc2)cc1. The van der Waals surface area contributed by atoms with Crippen molar-refractivity contribution in [1.82, 2.24) is 5.43 Å². The van der Waals surface area contributed by atoms with E-state index in [1.165, 1.54) is 9.87 Å². The molecule has 0 unspecified atom stereocenters. The Kier molecular flexibility index (Phi) is 5.88. The van der Waals surface area contributed by atoms with Crippen LogP contribution < -0.4 is 9.73 Å². The zero-order valence-corrected chi connectivity index (χ0v) is 21.2. The molecule has 0 atom stereocenters. The Labute approximate surface area is 211 Å². The zero-order chi connectivity index (χ0) is 25.5. The van der Waals surface area contributed by atoms with E-state index in [0.29, 0.717) is 16.1 Å². The highest BCUT2D eigenvalue weighted by molar-refractivity contribution is 7.93. The van der Waals surface area contributed by atoms with Gasteiger partial charge in [-0.2, -0.15) is 5.10 Å². The van der Waals surface area contributed by atoms with Crippen LogP contribution >= 0.6 is 0 Å². The van der Waals surface area contributed by atoms with Crippen LogP contribution in [0.2, 0.25) is 0 Å². The highest BCUT2D eigenvalue weighted by Crippen LogP contribution is 2.42. The third-order valence-corrected chi connectivity index (χ3v) is 8.18. The predicted octanol–water partition coefficient (Wildman–Crippen LogP) is 5.61. The van der Waals surface area contributed by atoms with Crippen molar-refractivity contribution in [1.29, 1.82) is 0 Å². The molecule has 0 aliphatic carbocycles. The maximum absolute atomic E-state index is 13.2. The lowest BCUT2D eigenvalue weighted by atomic mass is 9.87. The number of nitrogens with one attached hydrogen (secondary N) is 1. The van der Waals surface area contributed by atoms with E-state index in [0.717, 1.165) is 21.9 Å². The predicted molar refractivity (Wildman–Crippen MR) is 144 cm³/mol. The first kappa shape index (κ1) is 23.8. The molecular formula is C29H27N3O3S. The summed E-state index contributed by atoms with van der Waals surface area (Å²) in [6.07, 6.45) is 1.61. The molecule has 0 saturated heterocycles. The van der Waals surface area contributed by atoms with Crippen molar-refractivity contribution in [3.63, 3.8) is 0 Å². The fourth-order valence-electron chi connectivity index (χ4n) is 4.36. The Bertz CT molecular complexity index is 1580. The topological polar surface area (TPSA) is 78.8 Å². The van der Waals surface area contributed by atoms with Crippen LogP contribution in [-0.2, 0) is 22.0 Å². The number of sulfonamides is 1. The molecule has 0 saturated carbocycles. The first-order chi connectivity index (χ1) is 17.1. The van der Waals surface area contributed by atoms with Gasteiger partial charge in [0.2, 0.25) is 0 Å². The van der Waals surface area contributed by atoms with Crippen molar-refractivity contribution in [3.8, 4) is 0 Å². The van der Waals surface area contributed by atoms with E-state index in [-0.39, 0.29) is 17.9 Å². The number of hydrogen-bond donors (Lipinski definition) is 1. The van der Waals surface area contributed by atoms with Gasteiger partial charge in [-0.05, 0) is 51.8 Å². The van der Waals surface area contributed by atoms with E-state index in [9.17, 15) is 13.2 Å². The van der Waals surface area contributed by atoms with Crippen molar-refractivity contribution < 1.29 is 13.2 Å². The van der Waals surface area contributed by atoms with Gasteiger partial charge in [0.25, 0.3) is 15.9 Å². The lowest BCUT2D eigenvalue weighted by Gasteiger charge is -2.19. The number of hydrazone groups is 1. The molecule has 7 heteroatoms. The summed E-state index contributed by atoms with van der Waals surface area (Å²) in [6, 6.07) is 25.9. The maximum Gasteiger partial charge on any atom is 0.271 e. The summed E-state index contributed by atoms with van der Waals surface area (Å²) in [5.74, 6) is -0.338. The molecule has 182 valence electrons. The molecule has 1 N–H and O–H groups in total. The van der Waals surface area contributed by atoms with Gasteiger partial charge in [-0.1, -0.05) is 81.4 Å². The Morgan fingerprint density at radius 2 is 1.58 bits per heavy atom. The summed E-state index contributed by atoms with van der Waals surface area (Å²) in [5.41, 5.74) is 6.64. The van der Waals surface area contributed by atoms with Crippen LogP contribution in [-0.4, -0.2) is 20.5 Å². The molecule has 4 aromatic carbocycles. The van der Waals surface area contributed by atoms with Gasteiger partial charge >= 0.3 is 0 Å². The molecule has 5 rings (SSSR count). The van der Waals surface area contributed by atoms with Crippen LogP contribution in [0.25, 0.3) is 10.8 Å². The Balaban J connectivity index is 1.26. The molecule has 1 amide bonds. The van der Waals surface area contributed by atoms with Gasteiger partial charge in [0.1, 0.15) is 0 Å². The van der Waals surface area contributed by atoms with Crippen LogP contribution in [0.3, 0.4) is 0 Å². The fourth-order valence-corrected chi connectivity index (χ4v) is 6.05. The Morgan fingerprint density at radius 1 is 0.917 bits per heavy atom. The third-order valence-electron chi connectivity index (χ3n) is 6.38. The molecule has 4 aromatic rings. The van der Waals surface area contributed by atoms with Crippen LogP contribution in [0.5, 0.6) is 0 Å². The molecule has 1 aliphatic heterocycles. The van der Waals surface area contributed by atoms with E-state index in [2.05, 4.69) is 43.4 Å². The van der Waals surface area contributed by atoms with Gasteiger partial charge in [-0.3, -0.25) is 9.10 Å². The highest BCUT2D eigenvalue weighted by atomic mass is 32.2. The molecule has 0 radical (unpaired) electrons. The number of carbonyl (C=O) groups excluding carboxylic acids is 1. The number of nitrogens with zero attached hydrogens (tertiary/aromatic N) is 2. The van der Waals surface area contributed by atoms with Crippen molar-refractivity contribution in [2.45, 2.75) is 37.6 Å². The Morgan fingerprint density at radius 3 is 2.25 bits per heavy atom. The quantitative estimate of drug-likeness (QED) is 0.288. The monoisotopic (exact) mass is 497 g/mol. The largest absolute Gasteiger partial charge is 0.271 e. The summed E-state index contributed by atoms with van der Waals surface area (Å²) in [5, 5.41) is 5.72.